The van der Waals surface area contributed by atoms with Crippen LogP contribution in [0.2, 0.25) is 0 Å². The van der Waals surface area contributed by atoms with Gasteiger partial charge in [-0.2, -0.15) is 10.5 Å². The van der Waals surface area contributed by atoms with Crippen LogP contribution in [0, 0.1) is 22.7 Å². The second-order valence-corrected chi connectivity index (χ2v) is 6.32. The number of nitrogens with zero attached hydrogens (tertiary/aromatic N) is 3. The Kier molecular flexibility index (Phi) is 4.42. The van der Waals surface area contributed by atoms with Crippen molar-refractivity contribution in [2.45, 2.75) is 30.2 Å². The van der Waals surface area contributed by atoms with Crippen molar-refractivity contribution in [1.29, 1.82) is 10.5 Å². The van der Waals surface area contributed by atoms with Gasteiger partial charge in [-0.3, -0.25) is 0 Å². The lowest BCUT2D eigenvalue weighted by Gasteiger charge is -2.25. The highest BCUT2D eigenvalue weighted by Gasteiger charge is 2.22. The predicted molar refractivity (Wildman–Crippen MR) is 86.5 cm³/mol. The summed E-state index contributed by atoms with van der Waals surface area (Å²) in [5, 5.41) is 18.7. The van der Waals surface area contributed by atoms with Gasteiger partial charge in [0.2, 0.25) is 0 Å². The molecule has 0 amide bonds. The van der Waals surface area contributed by atoms with Crippen LogP contribution >= 0.6 is 11.8 Å². The van der Waals surface area contributed by atoms with Gasteiger partial charge < -0.3 is 0 Å². The van der Waals surface area contributed by atoms with Crippen LogP contribution in [0.1, 0.15) is 34.7 Å². The normalized spacial score (nSPS) is 16.4. The summed E-state index contributed by atoms with van der Waals surface area (Å²) < 4.78 is 0. The summed E-state index contributed by atoms with van der Waals surface area (Å²) in [5.41, 5.74) is 4.21. The van der Waals surface area contributed by atoms with Gasteiger partial charge in [-0.05, 0) is 42.4 Å². The molecule has 0 N–H and O–H groups in total. The van der Waals surface area contributed by atoms with Crippen molar-refractivity contribution in [2.75, 3.05) is 5.75 Å². The number of nitriles is 2. The summed E-state index contributed by atoms with van der Waals surface area (Å²) in [4.78, 5) is 4.64. The molecular weight excluding hydrogens is 290 g/mol. The summed E-state index contributed by atoms with van der Waals surface area (Å²) in [5.74, 6) is 0.826. The third-order valence-electron chi connectivity index (χ3n) is 4.02. The maximum Gasteiger partial charge on any atom is 0.115 e. The molecule has 0 saturated heterocycles. The van der Waals surface area contributed by atoms with Gasteiger partial charge in [0, 0.05) is 5.69 Å². The third-order valence-corrected chi connectivity index (χ3v) is 4.88. The molecule has 22 heavy (non-hydrogen) atoms. The van der Waals surface area contributed by atoms with E-state index < -0.39 is 0 Å². The smallest absolute Gasteiger partial charge is 0.115 e. The minimum Gasteiger partial charge on any atom is -0.245 e. The number of fused-ring (bicyclic) bond motifs is 1. The lowest BCUT2D eigenvalue weighted by molar-refractivity contribution is 0.570. The molecule has 2 aromatic rings. The van der Waals surface area contributed by atoms with E-state index in [1.54, 1.807) is 0 Å². The highest BCUT2D eigenvalue weighted by molar-refractivity contribution is 7.99. The SMILES string of the molecule is N#CCSc1nc2c(cc1C#N)CC(c1ccccc1)CC2. The van der Waals surface area contributed by atoms with E-state index in [1.807, 2.05) is 12.1 Å². The molecule has 1 atom stereocenters. The zero-order valence-electron chi connectivity index (χ0n) is 12.1. The van der Waals surface area contributed by atoms with E-state index in [9.17, 15) is 5.26 Å². The minimum atomic E-state index is 0.326. The Morgan fingerprint density at radius 2 is 2.05 bits per heavy atom. The quantitative estimate of drug-likeness (QED) is 0.808. The molecule has 0 fully saturated rings. The highest BCUT2D eigenvalue weighted by atomic mass is 32.2. The molecule has 1 aromatic carbocycles. The van der Waals surface area contributed by atoms with Crippen LogP contribution in [0.3, 0.4) is 0 Å². The van der Waals surface area contributed by atoms with E-state index in [0.717, 1.165) is 25.0 Å². The fourth-order valence-corrected chi connectivity index (χ4v) is 3.58. The van der Waals surface area contributed by atoms with Gasteiger partial charge in [0.1, 0.15) is 11.1 Å². The van der Waals surface area contributed by atoms with Crippen molar-refractivity contribution in [3.63, 3.8) is 0 Å². The summed E-state index contributed by atoms with van der Waals surface area (Å²) in [7, 11) is 0. The molecule has 0 saturated carbocycles. The van der Waals surface area contributed by atoms with E-state index in [4.69, 9.17) is 5.26 Å². The van der Waals surface area contributed by atoms with Crippen molar-refractivity contribution < 1.29 is 0 Å². The molecule has 0 bridgehead atoms. The Labute approximate surface area is 134 Å². The molecule has 1 heterocycles. The van der Waals surface area contributed by atoms with Gasteiger partial charge in [0.05, 0.1) is 17.4 Å². The number of rotatable bonds is 3. The van der Waals surface area contributed by atoms with E-state index >= 15 is 0 Å². The van der Waals surface area contributed by atoms with Crippen LogP contribution in [0.25, 0.3) is 0 Å². The number of aryl methyl sites for hydroxylation is 1. The zero-order valence-corrected chi connectivity index (χ0v) is 12.9. The first-order valence-corrected chi connectivity index (χ1v) is 8.28. The molecular formula is C18H15N3S. The summed E-state index contributed by atoms with van der Waals surface area (Å²) in [6.07, 6.45) is 2.95. The van der Waals surface area contributed by atoms with E-state index in [-0.39, 0.29) is 0 Å². The first-order chi connectivity index (χ1) is 10.8. The molecule has 1 unspecified atom stereocenters. The molecule has 4 heteroatoms. The van der Waals surface area contributed by atoms with E-state index in [2.05, 4.69) is 41.4 Å². The fraction of sp³-hybridized carbons (Fsp3) is 0.278. The lowest BCUT2D eigenvalue weighted by atomic mass is 9.82. The van der Waals surface area contributed by atoms with Gasteiger partial charge in [-0.25, -0.2) is 4.98 Å². The molecule has 0 radical (unpaired) electrons. The molecule has 0 aliphatic heterocycles. The van der Waals surface area contributed by atoms with Crippen LogP contribution in [-0.4, -0.2) is 10.7 Å². The maximum absolute atomic E-state index is 9.32. The van der Waals surface area contributed by atoms with E-state index in [1.165, 1.54) is 22.9 Å². The van der Waals surface area contributed by atoms with Crippen molar-refractivity contribution >= 4 is 11.8 Å². The van der Waals surface area contributed by atoms with E-state index in [0.29, 0.717) is 22.3 Å². The molecule has 1 aromatic heterocycles. The van der Waals surface area contributed by atoms with Gasteiger partial charge in [0.25, 0.3) is 0 Å². The Balaban J connectivity index is 1.89. The number of pyridine rings is 1. The molecule has 0 spiro atoms. The van der Waals surface area contributed by atoms with Crippen LogP contribution in [-0.2, 0) is 12.8 Å². The maximum atomic E-state index is 9.32. The minimum absolute atomic E-state index is 0.326. The van der Waals surface area contributed by atoms with Crippen molar-refractivity contribution in [3.05, 3.63) is 58.8 Å². The van der Waals surface area contributed by atoms with Crippen LogP contribution in [0.15, 0.2) is 41.4 Å². The van der Waals surface area contributed by atoms with Gasteiger partial charge in [-0.15, -0.1) is 0 Å². The molecule has 108 valence electrons. The third kappa shape index (κ3) is 2.98. The second-order valence-electron chi connectivity index (χ2n) is 5.36. The van der Waals surface area contributed by atoms with Crippen LogP contribution < -0.4 is 0 Å². The van der Waals surface area contributed by atoms with Gasteiger partial charge >= 0.3 is 0 Å². The highest BCUT2D eigenvalue weighted by Crippen LogP contribution is 2.34. The summed E-state index contributed by atoms with van der Waals surface area (Å²) in [6, 6.07) is 16.8. The van der Waals surface area contributed by atoms with Gasteiger partial charge in [-0.1, -0.05) is 42.1 Å². The molecule has 3 nitrogen and oxygen atoms in total. The fourth-order valence-electron chi connectivity index (χ4n) is 2.95. The Morgan fingerprint density at radius 3 is 2.77 bits per heavy atom. The van der Waals surface area contributed by atoms with Gasteiger partial charge in [0.15, 0.2) is 0 Å². The molecule has 1 aliphatic rings. The Morgan fingerprint density at radius 1 is 1.23 bits per heavy atom. The monoisotopic (exact) mass is 305 g/mol. The number of benzene rings is 1. The van der Waals surface area contributed by atoms with Crippen molar-refractivity contribution in [3.8, 4) is 12.1 Å². The number of aromatic nitrogens is 1. The standard InChI is InChI=1S/C18H15N3S/c19-8-9-22-18-16(12-20)11-15-10-14(6-7-17(15)21-18)13-4-2-1-3-5-13/h1-5,11,14H,6-7,9-10H2. The largest absolute Gasteiger partial charge is 0.245 e. The Hall–Kier alpha value is -2.30. The predicted octanol–water partition coefficient (Wildman–Crippen LogP) is 3.84. The zero-order chi connectivity index (χ0) is 15.4. The van der Waals surface area contributed by atoms with Crippen molar-refractivity contribution in [2.24, 2.45) is 0 Å². The van der Waals surface area contributed by atoms with Crippen molar-refractivity contribution in [1.82, 2.24) is 4.98 Å². The summed E-state index contributed by atoms with van der Waals surface area (Å²) >= 11 is 1.35. The van der Waals surface area contributed by atoms with Crippen LogP contribution in [0.4, 0.5) is 0 Å². The number of thioether (sulfide) groups is 1. The number of hydrogen-bond donors (Lipinski definition) is 0. The van der Waals surface area contributed by atoms with Crippen LogP contribution in [0.5, 0.6) is 0 Å². The topological polar surface area (TPSA) is 60.5 Å². The summed E-state index contributed by atoms with van der Waals surface area (Å²) in [6.45, 7) is 0. The first kappa shape index (κ1) is 14.6. The number of hydrogen-bond acceptors (Lipinski definition) is 4. The second kappa shape index (κ2) is 6.64. The average molecular weight is 305 g/mol. The first-order valence-electron chi connectivity index (χ1n) is 7.29. The molecule has 1 aliphatic carbocycles. The lowest BCUT2D eigenvalue weighted by Crippen LogP contribution is -2.15. The average Bonchev–Trinajstić information content (AvgIpc) is 2.59. The Bertz CT molecular complexity index is 756. The molecule has 3 rings (SSSR count).